The molecule has 90 valence electrons. The molecule has 0 atom stereocenters. The molecule has 0 saturated heterocycles. The van der Waals surface area contributed by atoms with Gasteiger partial charge in [-0.2, -0.15) is 5.10 Å². The summed E-state index contributed by atoms with van der Waals surface area (Å²) in [6.07, 6.45) is 0. The fraction of sp³-hybridized carbons (Fsp3) is 0.667. The summed E-state index contributed by atoms with van der Waals surface area (Å²) in [7, 11) is 1.84. The summed E-state index contributed by atoms with van der Waals surface area (Å²) in [5, 5.41) is 4.24. The number of nitrogens with zero attached hydrogens (tertiary/aromatic N) is 2. The predicted molar refractivity (Wildman–Crippen MR) is 62.6 cm³/mol. The molecule has 0 N–H and O–H groups in total. The summed E-state index contributed by atoms with van der Waals surface area (Å²) < 4.78 is 6.75. The Kier molecular flexibility index (Phi) is 3.41. The van der Waals surface area contributed by atoms with E-state index in [-0.39, 0.29) is 11.4 Å². The van der Waals surface area contributed by atoms with Crippen LogP contribution in [0, 0.1) is 6.92 Å². The molecule has 0 radical (unpaired) electrons. The van der Waals surface area contributed by atoms with Crippen LogP contribution in [0.25, 0.3) is 0 Å². The third kappa shape index (κ3) is 2.26. The number of ether oxygens (including phenoxy) is 1. The van der Waals surface area contributed by atoms with Gasteiger partial charge in [-0.25, -0.2) is 4.79 Å². The topological polar surface area (TPSA) is 44.1 Å². The van der Waals surface area contributed by atoms with Crippen molar-refractivity contribution in [2.24, 2.45) is 7.05 Å². The van der Waals surface area contributed by atoms with E-state index >= 15 is 0 Å². The van der Waals surface area contributed by atoms with Gasteiger partial charge in [-0.1, -0.05) is 20.8 Å². The minimum atomic E-state index is -0.337. The molecule has 0 aliphatic carbocycles. The molecular weight excluding hydrogens is 204 g/mol. The molecule has 1 aromatic rings. The van der Waals surface area contributed by atoms with E-state index in [1.54, 1.807) is 11.6 Å². The summed E-state index contributed by atoms with van der Waals surface area (Å²) in [5.41, 5.74) is 2.30. The molecule has 4 heteroatoms. The Bertz CT molecular complexity index is 400. The number of hydrogen-bond acceptors (Lipinski definition) is 3. The van der Waals surface area contributed by atoms with Gasteiger partial charge in [0, 0.05) is 18.3 Å². The normalized spacial score (nSPS) is 11.6. The van der Waals surface area contributed by atoms with Gasteiger partial charge in [0.25, 0.3) is 0 Å². The lowest BCUT2D eigenvalue weighted by atomic mass is 9.85. The van der Waals surface area contributed by atoms with Crippen LogP contribution in [0.1, 0.15) is 49.4 Å². The molecule has 0 spiro atoms. The minimum absolute atomic E-state index is 0.111. The lowest BCUT2D eigenvalue weighted by Crippen LogP contribution is -2.18. The second-order valence-corrected chi connectivity index (χ2v) is 4.90. The van der Waals surface area contributed by atoms with Gasteiger partial charge in [0.2, 0.25) is 0 Å². The van der Waals surface area contributed by atoms with Crippen molar-refractivity contribution in [1.82, 2.24) is 9.78 Å². The Morgan fingerprint density at radius 1 is 1.44 bits per heavy atom. The van der Waals surface area contributed by atoms with Crippen molar-refractivity contribution < 1.29 is 9.53 Å². The minimum Gasteiger partial charge on any atom is -0.461 e. The maximum atomic E-state index is 11.8. The highest BCUT2D eigenvalue weighted by atomic mass is 16.5. The highest BCUT2D eigenvalue weighted by Crippen LogP contribution is 2.28. The van der Waals surface area contributed by atoms with Crippen molar-refractivity contribution >= 4 is 5.97 Å². The first kappa shape index (κ1) is 12.7. The van der Waals surface area contributed by atoms with Gasteiger partial charge in [0.05, 0.1) is 6.61 Å². The lowest BCUT2D eigenvalue weighted by Gasteiger charge is -2.19. The van der Waals surface area contributed by atoms with Crippen molar-refractivity contribution in [2.45, 2.75) is 40.0 Å². The zero-order valence-corrected chi connectivity index (χ0v) is 10.9. The summed E-state index contributed by atoms with van der Waals surface area (Å²) in [6.45, 7) is 10.3. The molecule has 0 aromatic carbocycles. The summed E-state index contributed by atoms with van der Waals surface area (Å²) in [6, 6.07) is 0. The third-order valence-corrected chi connectivity index (χ3v) is 2.55. The van der Waals surface area contributed by atoms with Crippen LogP contribution in [0.5, 0.6) is 0 Å². The van der Waals surface area contributed by atoms with Crippen molar-refractivity contribution in [1.29, 1.82) is 0 Å². The molecule has 0 aliphatic rings. The number of hydrogen-bond donors (Lipinski definition) is 0. The van der Waals surface area contributed by atoms with Crippen molar-refractivity contribution in [2.75, 3.05) is 6.61 Å². The van der Waals surface area contributed by atoms with Gasteiger partial charge in [0.1, 0.15) is 0 Å². The van der Waals surface area contributed by atoms with Crippen molar-refractivity contribution in [3.8, 4) is 0 Å². The summed E-state index contributed by atoms with van der Waals surface area (Å²) >= 11 is 0. The monoisotopic (exact) mass is 224 g/mol. The van der Waals surface area contributed by atoms with Gasteiger partial charge in [0.15, 0.2) is 5.69 Å². The molecule has 0 unspecified atom stereocenters. The van der Waals surface area contributed by atoms with Gasteiger partial charge in [-0.15, -0.1) is 0 Å². The number of esters is 1. The largest absolute Gasteiger partial charge is 0.461 e. The Balaban J connectivity index is 3.29. The average molecular weight is 224 g/mol. The van der Waals surface area contributed by atoms with E-state index in [1.807, 2.05) is 14.0 Å². The predicted octanol–water partition coefficient (Wildman–Crippen LogP) is 2.20. The molecule has 0 bridgehead atoms. The molecule has 0 aliphatic heterocycles. The zero-order chi connectivity index (χ0) is 12.5. The van der Waals surface area contributed by atoms with Crippen LogP contribution < -0.4 is 0 Å². The Hall–Kier alpha value is -1.32. The number of rotatable bonds is 2. The van der Waals surface area contributed by atoms with E-state index in [0.717, 1.165) is 11.3 Å². The van der Waals surface area contributed by atoms with Crippen LogP contribution in [0.15, 0.2) is 0 Å². The third-order valence-electron chi connectivity index (χ3n) is 2.55. The second-order valence-electron chi connectivity index (χ2n) is 4.90. The molecule has 1 aromatic heterocycles. The van der Waals surface area contributed by atoms with E-state index in [2.05, 4.69) is 25.9 Å². The molecule has 0 saturated carbocycles. The quantitative estimate of drug-likeness (QED) is 0.723. The van der Waals surface area contributed by atoms with Gasteiger partial charge < -0.3 is 4.74 Å². The highest BCUT2D eigenvalue weighted by Gasteiger charge is 2.28. The van der Waals surface area contributed by atoms with Crippen LogP contribution >= 0.6 is 0 Å². The first-order chi connectivity index (χ1) is 7.29. The highest BCUT2D eigenvalue weighted by molar-refractivity contribution is 5.89. The van der Waals surface area contributed by atoms with E-state index in [9.17, 15) is 4.79 Å². The van der Waals surface area contributed by atoms with E-state index in [4.69, 9.17) is 4.74 Å². The van der Waals surface area contributed by atoms with E-state index in [0.29, 0.717) is 12.3 Å². The van der Waals surface area contributed by atoms with E-state index < -0.39 is 0 Å². The van der Waals surface area contributed by atoms with Crippen molar-refractivity contribution in [3.63, 3.8) is 0 Å². The number of aryl methyl sites for hydroxylation is 1. The smallest absolute Gasteiger partial charge is 0.359 e. The fourth-order valence-electron chi connectivity index (χ4n) is 1.85. The van der Waals surface area contributed by atoms with Gasteiger partial charge in [-0.3, -0.25) is 4.68 Å². The van der Waals surface area contributed by atoms with Crippen molar-refractivity contribution in [3.05, 3.63) is 17.0 Å². The van der Waals surface area contributed by atoms with Crippen LogP contribution in [0.3, 0.4) is 0 Å². The average Bonchev–Trinajstić information content (AvgIpc) is 2.43. The van der Waals surface area contributed by atoms with Crippen LogP contribution in [-0.4, -0.2) is 22.4 Å². The van der Waals surface area contributed by atoms with Crippen LogP contribution in [-0.2, 0) is 17.2 Å². The molecule has 16 heavy (non-hydrogen) atoms. The fourth-order valence-corrected chi connectivity index (χ4v) is 1.85. The molecule has 1 heterocycles. The van der Waals surface area contributed by atoms with Gasteiger partial charge in [-0.05, 0) is 19.3 Å². The molecule has 0 amide bonds. The summed E-state index contributed by atoms with van der Waals surface area (Å²) in [4.78, 5) is 11.8. The summed E-state index contributed by atoms with van der Waals surface area (Å²) in [5.74, 6) is -0.337. The van der Waals surface area contributed by atoms with Gasteiger partial charge >= 0.3 is 5.97 Å². The number of carbonyl (C=O) groups excluding carboxylic acids is 1. The lowest BCUT2D eigenvalue weighted by molar-refractivity contribution is 0.0516. The first-order valence-electron chi connectivity index (χ1n) is 5.50. The molecule has 0 fully saturated rings. The molecule has 1 rings (SSSR count). The van der Waals surface area contributed by atoms with E-state index in [1.165, 1.54) is 0 Å². The maximum absolute atomic E-state index is 11.8. The Morgan fingerprint density at radius 3 is 2.44 bits per heavy atom. The Labute approximate surface area is 96.6 Å². The molecule has 4 nitrogen and oxygen atoms in total. The molecular formula is C12H20N2O2. The standard InChI is InChI=1S/C12H20N2O2/c1-7-16-11(15)10-9(12(3,4)5)8(2)14(6)13-10/h7H2,1-6H3. The first-order valence-corrected chi connectivity index (χ1v) is 5.50. The van der Waals surface area contributed by atoms with Crippen LogP contribution in [0.4, 0.5) is 0 Å². The Morgan fingerprint density at radius 2 is 2.00 bits per heavy atom. The SMILES string of the molecule is CCOC(=O)c1nn(C)c(C)c1C(C)(C)C. The zero-order valence-electron chi connectivity index (χ0n) is 10.9. The maximum Gasteiger partial charge on any atom is 0.359 e. The van der Waals surface area contributed by atoms with Crippen LogP contribution in [0.2, 0.25) is 0 Å². The number of carbonyl (C=O) groups is 1. The number of aromatic nitrogens is 2. The second kappa shape index (κ2) is 4.28.